The van der Waals surface area contributed by atoms with Crippen molar-refractivity contribution in [2.45, 2.75) is 13.0 Å². The fourth-order valence-corrected chi connectivity index (χ4v) is 1.76. The number of ketones is 1. The zero-order valence-corrected chi connectivity index (χ0v) is 10.6. The van der Waals surface area contributed by atoms with Crippen molar-refractivity contribution in [2.75, 3.05) is 0 Å². The van der Waals surface area contributed by atoms with Crippen molar-refractivity contribution in [2.24, 2.45) is 0 Å². The van der Waals surface area contributed by atoms with Gasteiger partial charge in [0.25, 0.3) is 0 Å². The topological polar surface area (TPSA) is 43.4 Å². The number of rotatable bonds is 5. The molecule has 0 radical (unpaired) electrons. The van der Waals surface area contributed by atoms with E-state index >= 15 is 0 Å². The number of benzene rings is 2. The molecule has 0 fully saturated rings. The van der Waals surface area contributed by atoms with Crippen LogP contribution in [0.3, 0.4) is 0 Å². The van der Waals surface area contributed by atoms with E-state index in [9.17, 15) is 9.59 Å². The first-order chi connectivity index (χ1) is 9.20. The minimum absolute atomic E-state index is 0.0860. The predicted octanol–water partition coefficient (Wildman–Crippen LogP) is 3.15. The molecular formula is C16H14O3. The van der Waals surface area contributed by atoms with Crippen molar-refractivity contribution in [1.29, 1.82) is 0 Å². The standard InChI is InChI=1S/C16H14O3/c1-12(16(18)14-7-3-2-4-8-14)19-15-9-5-6-13(10-15)11-17/h2-12H,1H3/t12-/m0/s1. The van der Waals surface area contributed by atoms with Gasteiger partial charge in [0.05, 0.1) is 0 Å². The van der Waals surface area contributed by atoms with E-state index in [2.05, 4.69) is 0 Å². The Morgan fingerprint density at radius 2 is 1.84 bits per heavy atom. The summed E-state index contributed by atoms with van der Waals surface area (Å²) in [5, 5.41) is 0. The second kappa shape index (κ2) is 5.96. The Kier molecular flexibility index (Phi) is 4.08. The van der Waals surface area contributed by atoms with E-state index < -0.39 is 6.10 Å². The minimum atomic E-state index is -0.593. The van der Waals surface area contributed by atoms with Crippen LogP contribution in [0, 0.1) is 0 Å². The number of hydrogen-bond acceptors (Lipinski definition) is 3. The average molecular weight is 254 g/mol. The number of carbonyl (C=O) groups is 2. The molecule has 0 aromatic heterocycles. The van der Waals surface area contributed by atoms with Crippen LogP contribution in [0.25, 0.3) is 0 Å². The lowest BCUT2D eigenvalue weighted by Crippen LogP contribution is -2.23. The largest absolute Gasteiger partial charge is 0.483 e. The van der Waals surface area contributed by atoms with E-state index in [0.717, 1.165) is 6.29 Å². The van der Waals surface area contributed by atoms with Crippen LogP contribution in [0.4, 0.5) is 0 Å². The van der Waals surface area contributed by atoms with E-state index in [-0.39, 0.29) is 5.78 Å². The van der Waals surface area contributed by atoms with Crippen molar-refractivity contribution in [1.82, 2.24) is 0 Å². The first-order valence-corrected chi connectivity index (χ1v) is 6.02. The highest BCUT2D eigenvalue weighted by molar-refractivity contribution is 5.99. The van der Waals surface area contributed by atoms with Crippen LogP contribution in [0.15, 0.2) is 54.6 Å². The predicted molar refractivity (Wildman–Crippen MR) is 72.7 cm³/mol. The van der Waals surface area contributed by atoms with E-state index in [4.69, 9.17) is 4.74 Å². The van der Waals surface area contributed by atoms with Gasteiger partial charge in [-0.05, 0) is 19.1 Å². The van der Waals surface area contributed by atoms with Crippen LogP contribution < -0.4 is 4.74 Å². The fraction of sp³-hybridized carbons (Fsp3) is 0.125. The lowest BCUT2D eigenvalue weighted by Gasteiger charge is -2.13. The fourth-order valence-electron chi connectivity index (χ4n) is 1.76. The molecule has 2 aromatic rings. The summed E-state index contributed by atoms with van der Waals surface area (Å²) in [7, 11) is 0. The van der Waals surface area contributed by atoms with Crippen molar-refractivity contribution >= 4 is 12.1 Å². The molecule has 2 aromatic carbocycles. The Morgan fingerprint density at radius 1 is 1.11 bits per heavy atom. The molecule has 0 heterocycles. The van der Waals surface area contributed by atoms with Crippen molar-refractivity contribution in [3.63, 3.8) is 0 Å². The Labute approximate surface area is 111 Å². The molecule has 0 aliphatic rings. The highest BCUT2D eigenvalue weighted by Gasteiger charge is 2.16. The smallest absolute Gasteiger partial charge is 0.202 e. The Balaban J connectivity index is 2.10. The van der Waals surface area contributed by atoms with Gasteiger partial charge in [0.1, 0.15) is 12.0 Å². The normalized spacial score (nSPS) is 11.6. The molecule has 96 valence electrons. The monoisotopic (exact) mass is 254 g/mol. The molecule has 3 nitrogen and oxygen atoms in total. The van der Waals surface area contributed by atoms with E-state index in [1.807, 2.05) is 18.2 Å². The third kappa shape index (κ3) is 3.28. The second-order valence-corrected chi connectivity index (χ2v) is 4.18. The van der Waals surface area contributed by atoms with Crippen molar-refractivity contribution in [3.8, 4) is 5.75 Å². The van der Waals surface area contributed by atoms with Gasteiger partial charge < -0.3 is 4.74 Å². The molecule has 0 saturated heterocycles. The maximum absolute atomic E-state index is 12.1. The first kappa shape index (κ1) is 13.0. The summed E-state index contributed by atoms with van der Waals surface area (Å²) in [5.41, 5.74) is 1.14. The summed E-state index contributed by atoms with van der Waals surface area (Å²) >= 11 is 0. The van der Waals surface area contributed by atoms with Gasteiger partial charge in [-0.3, -0.25) is 9.59 Å². The summed E-state index contributed by atoms with van der Waals surface area (Å²) in [4.78, 5) is 22.8. The lowest BCUT2D eigenvalue weighted by atomic mass is 10.1. The minimum Gasteiger partial charge on any atom is -0.483 e. The van der Waals surface area contributed by atoms with Crippen molar-refractivity contribution in [3.05, 3.63) is 65.7 Å². The van der Waals surface area contributed by atoms with Gasteiger partial charge >= 0.3 is 0 Å². The zero-order valence-electron chi connectivity index (χ0n) is 10.6. The molecule has 0 spiro atoms. The quantitative estimate of drug-likeness (QED) is 0.608. The summed E-state index contributed by atoms with van der Waals surface area (Å²) in [6.07, 6.45) is 0.153. The van der Waals surface area contributed by atoms with Crippen LogP contribution in [0.5, 0.6) is 5.75 Å². The third-order valence-electron chi connectivity index (χ3n) is 2.73. The van der Waals surface area contributed by atoms with Crippen LogP contribution in [-0.4, -0.2) is 18.2 Å². The highest BCUT2D eigenvalue weighted by atomic mass is 16.5. The zero-order chi connectivity index (χ0) is 13.7. The molecule has 0 amide bonds. The molecule has 0 aliphatic carbocycles. The molecule has 3 heteroatoms. The van der Waals surface area contributed by atoms with Gasteiger partial charge in [0, 0.05) is 11.1 Å². The summed E-state index contributed by atoms with van der Waals surface area (Å²) < 4.78 is 5.56. The van der Waals surface area contributed by atoms with Crippen LogP contribution in [0.2, 0.25) is 0 Å². The first-order valence-electron chi connectivity index (χ1n) is 6.02. The van der Waals surface area contributed by atoms with E-state index in [1.165, 1.54) is 0 Å². The van der Waals surface area contributed by atoms with Gasteiger partial charge in [-0.25, -0.2) is 0 Å². The second-order valence-electron chi connectivity index (χ2n) is 4.18. The maximum Gasteiger partial charge on any atom is 0.202 e. The maximum atomic E-state index is 12.1. The number of Topliss-reactive ketones (excluding diaryl/α,β-unsaturated/α-hetero) is 1. The van der Waals surface area contributed by atoms with E-state index in [0.29, 0.717) is 16.9 Å². The van der Waals surface area contributed by atoms with Gasteiger partial charge in [0.15, 0.2) is 6.10 Å². The van der Waals surface area contributed by atoms with Crippen LogP contribution in [0.1, 0.15) is 27.6 Å². The lowest BCUT2D eigenvalue weighted by molar-refractivity contribution is 0.0818. The Morgan fingerprint density at radius 3 is 2.53 bits per heavy atom. The molecule has 2 rings (SSSR count). The highest BCUT2D eigenvalue weighted by Crippen LogP contribution is 2.15. The number of carbonyl (C=O) groups excluding carboxylic acids is 2. The number of aldehydes is 1. The summed E-state index contributed by atoms with van der Waals surface area (Å²) in [6.45, 7) is 1.70. The number of hydrogen-bond donors (Lipinski definition) is 0. The molecule has 0 unspecified atom stereocenters. The molecule has 0 aliphatic heterocycles. The number of ether oxygens (including phenoxy) is 1. The summed E-state index contributed by atoms with van der Waals surface area (Å²) in [5.74, 6) is 0.429. The van der Waals surface area contributed by atoms with Gasteiger partial charge in [-0.1, -0.05) is 42.5 Å². The van der Waals surface area contributed by atoms with Gasteiger partial charge in [-0.15, -0.1) is 0 Å². The molecule has 0 bridgehead atoms. The van der Waals surface area contributed by atoms with Gasteiger partial charge in [0.2, 0.25) is 5.78 Å². The molecular weight excluding hydrogens is 240 g/mol. The molecule has 0 saturated carbocycles. The molecule has 19 heavy (non-hydrogen) atoms. The van der Waals surface area contributed by atoms with Crippen molar-refractivity contribution < 1.29 is 14.3 Å². The summed E-state index contributed by atoms with van der Waals surface area (Å²) in [6, 6.07) is 15.7. The SMILES string of the molecule is C[C@H](Oc1cccc(C=O)c1)C(=O)c1ccccc1. The molecule has 1 atom stereocenters. The Bertz CT molecular complexity index is 576. The van der Waals surface area contributed by atoms with Crippen LogP contribution in [-0.2, 0) is 0 Å². The van der Waals surface area contributed by atoms with Crippen LogP contribution >= 0.6 is 0 Å². The van der Waals surface area contributed by atoms with E-state index in [1.54, 1.807) is 43.3 Å². The average Bonchev–Trinajstić information content (AvgIpc) is 2.47. The molecule has 0 N–H and O–H groups in total. The Hall–Kier alpha value is -2.42. The third-order valence-corrected chi connectivity index (χ3v) is 2.73. The van der Waals surface area contributed by atoms with Gasteiger partial charge in [-0.2, -0.15) is 0 Å².